The van der Waals surface area contributed by atoms with E-state index in [9.17, 15) is 4.79 Å². The van der Waals surface area contributed by atoms with Crippen molar-refractivity contribution >= 4 is 21.9 Å². The molecule has 0 atom stereocenters. The number of rotatable bonds is 6. The molecular formula is C23H24O4. The molecule has 0 fully saturated rings. The maximum Gasteiger partial charge on any atom is 0.204 e. The summed E-state index contributed by atoms with van der Waals surface area (Å²) in [6, 6.07) is 10.6. The summed E-state index contributed by atoms with van der Waals surface area (Å²) in [5.41, 5.74) is -0.533. The zero-order valence-corrected chi connectivity index (χ0v) is 16.2. The number of benzene rings is 2. The van der Waals surface area contributed by atoms with Crippen molar-refractivity contribution in [2.75, 3.05) is 0 Å². The van der Waals surface area contributed by atoms with Crippen molar-refractivity contribution < 1.29 is 13.9 Å². The van der Waals surface area contributed by atoms with Crippen molar-refractivity contribution in [2.45, 2.75) is 38.9 Å². The van der Waals surface area contributed by atoms with Crippen LogP contribution in [-0.2, 0) is 0 Å². The third kappa shape index (κ3) is 3.61. The van der Waals surface area contributed by atoms with E-state index >= 15 is 0 Å². The first-order chi connectivity index (χ1) is 12.7. The highest BCUT2D eigenvalue weighted by atomic mass is 16.5. The Morgan fingerprint density at radius 3 is 2.19 bits per heavy atom. The molecule has 4 heteroatoms. The van der Waals surface area contributed by atoms with Gasteiger partial charge in [-0.3, -0.25) is 4.79 Å². The summed E-state index contributed by atoms with van der Waals surface area (Å²) in [5, 5.41) is 0.840. The monoisotopic (exact) mass is 364 g/mol. The fourth-order valence-corrected chi connectivity index (χ4v) is 2.65. The van der Waals surface area contributed by atoms with Gasteiger partial charge in [-0.05, 0) is 64.1 Å². The summed E-state index contributed by atoms with van der Waals surface area (Å²) < 4.78 is 18.2. The van der Waals surface area contributed by atoms with Gasteiger partial charge in [-0.2, -0.15) is 0 Å². The molecule has 1 aromatic heterocycles. The zero-order valence-electron chi connectivity index (χ0n) is 16.2. The van der Waals surface area contributed by atoms with E-state index in [2.05, 4.69) is 13.2 Å². The third-order valence-electron chi connectivity index (χ3n) is 4.38. The van der Waals surface area contributed by atoms with Gasteiger partial charge in [0, 0.05) is 0 Å². The molecule has 0 aliphatic carbocycles. The van der Waals surface area contributed by atoms with Gasteiger partial charge in [-0.1, -0.05) is 25.3 Å². The Kier molecular flexibility index (Phi) is 4.60. The van der Waals surface area contributed by atoms with Gasteiger partial charge in [0.1, 0.15) is 27.8 Å². The number of hydrogen-bond donors (Lipinski definition) is 0. The SMILES string of the molecule is C=CC(C)(C)Oc1ccc2oc3ccccc3c(=O)c2c1OC(C)(C)C=C. The van der Waals surface area contributed by atoms with Gasteiger partial charge in [0.2, 0.25) is 5.43 Å². The Hall–Kier alpha value is -3.01. The van der Waals surface area contributed by atoms with Crippen LogP contribution in [0.1, 0.15) is 27.7 Å². The van der Waals surface area contributed by atoms with Crippen LogP contribution in [0.4, 0.5) is 0 Å². The molecule has 0 spiro atoms. The highest BCUT2D eigenvalue weighted by Crippen LogP contribution is 2.39. The predicted octanol–water partition coefficient (Wildman–Crippen LogP) is 5.63. The summed E-state index contributed by atoms with van der Waals surface area (Å²) >= 11 is 0. The van der Waals surface area contributed by atoms with E-state index < -0.39 is 11.2 Å². The van der Waals surface area contributed by atoms with Crippen molar-refractivity contribution in [1.29, 1.82) is 0 Å². The molecule has 0 bridgehead atoms. The molecule has 3 aromatic rings. The lowest BCUT2D eigenvalue weighted by atomic mass is 10.1. The van der Waals surface area contributed by atoms with Gasteiger partial charge in [0.15, 0.2) is 11.5 Å². The van der Waals surface area contributed by atoms with Crippen LogP contribution in [0.2, 0.25) is 0 Å². The topological polar surface area (TPSA) is 48.7 Å². The van der Waals surface area contributed by atoms with Gasteiger partial charge in [0.25, 0.3) is 0 Å². The Balaban J connectivity index is 2.37. The quantitative estimate of drug-likeness (QED) is 0.420. The molecule has 0 unspecified atom stereocenters. The van der Waals surface area contributed by atoms with Crippen LogP contribution in [0.5, 0.6) is 11.5 Å². The van der Waals surface area contributed by atoms with Crippen LogP contribution in [0.15, 0.2) is 70.9 Å². The molecule has 2 aromatic carbocycles. The molecule has 0 saturated carbocycles. The fraction of sp³-hybridized carbons (Fsp3) is 0.261. The minimum Gasteiger partial charge on any atom is -0.480 e. The molecule has 27 heavy (non-hydrogen) atoms. The molecule has 0 amide bonds. The first-order valence-corrected chi connectivity index (χ1v) is 8.81. The molecule has 1 heterocycles. The summed E-state index contributed by atoms with van der Waals surface area (Å²) in [5.74, 6) is 0.789. The molecular weight excluding hydrogens is 340 g/mol. The van der Waals surface area contributed by atoms with E-state index in [1.807, 2.05) is 33.8 Å². The summed E-state index contributed by atoms with van der Waals surface area (Å²) in [6.45, 7) is 15.1. The Bertz CT molecular complexity index is 1090. The van der Waals surface area contributed by atoms with Crippen LogP contribution in [0.25, 0.3) is 21.9 Å². The highest BCUT2D eigenvalue weighted by molar-refractivity contribution is 5.94. The summed E-state index contributed by atoms with van der Waals surface area (Å²) in [7, 11) is 0. The first kappa shape index (κ1) is 18.8. The molecule has 4 nitrogen and oxygen atoms in total. The lowest BCUT2D eigenvalue weighted by Gasteiger charge is -2.28. The number of para-hydroxylation sites is 1. The molecule has 3 rings (SSSR count). The van der Waals surface area contributed by atoms with Crippen molar-refractivity contribution in [3.8, 4) is 11.5 Å². The zero-order chi connectivity index (χ0) is 19.8. The largest absolute Gasteiger partial charge is 0.480 e. The number of hydrogen-bond acceptors (Lipinski definition) is 4. The molecule has 0 N–H and O–H groups in total. The lowest BCUT2D eigenvalue weighted by molar-refractivity contribution is 0.126. The Morgan fingerprint density at radius 1 is 0.889 bits per heavy atom. The molecule has 0 saturated heterocycles. The van der Waals surface area contributed by atoms with E-state index in [1.165, 1.54) is 0 Å². The van der Waals surface area contributed by atoms with Crippen LogP contribution >= 0.6 is 0 Å². The maximum atomic E-state index is 13.2. The molecule has 140 valence electrons. The van der Waals surface area contributed by atoms with Crippen molar-refractivity contribution in [3.63, 3.8) is 0 Å². The second-order valence-corrected chi connectivity index (χ2v) is 7.51. The second-order valence-electron chi connectivity index (χ2n) is 7.51. The van der Waals surface area contributed by atoms with E-state index in [0.29, 0.717) is 33.4 Å². The third-order valence-corrected chi connectivity index (χ3v) is 4.38. The summed E-state index contributed by atoms with van der Waals surface area (Å²) in [4.78, 5) is 13.2. The molecule has 0 aliphatic rings. The highest BCUT2D eigenvalue weighted by Gasteiger charge is 2.26. The Labute approximate surface area is 158 Å². The maximum absolute atomic E-state index is 13.2. The molecule has 0 radical (unpaired) electrons. The van der Waals surface area contributed by atoms with E-state index in [1.54, 1.807) is 42.5 Å². The number of ether oxygens (including phenoxy) is 2. The van der Waals surface area contributed by atoms with Gasteiger partial charge in [-0.25, -0.2) is 0 Å². The van der Waals surface area contributed by atoms with E-state index in [0.717, 1.165) is 0 Å². The smallest absolute Gasteiger partial charge is 0.204 e. The van der Waals surface area contributed by atoms with Gasteiger partial charge in [-0.15, -0.1) is 0 Å². The van der Waals surface area contributed by atoms with Crippen LogP contribution in [0.3, 0.4) is 0 Å². The minimum absolute atomic E-state index is 0.163. The van der Waals surface area contributed by atoms with Crippen molar-refractivity contribution in [3.05, 3.63) is 71.9 Å². The predicted molar refractivity (Wildman–Crippen MR) is 110 cm³/mol. The van der Waals surface area contributed by atoms with E-state index in [-0.39, 0.29) is 5.43 Å². The van der Waals surface area contributed by atoms with Crippen LogP contribution < -0.4 is 14.9 Å². The van der Waals surface area contributed by atoms with Gasteiger partial charge in [0.05, 0.1) is 5.39 Å². The van der Waals surface area contributed by atoms with Crippen LogP contribution in [0, 0.1) is 0 Å². The average Bonchev–Trinajstić information content (AvgIpc) is 2.63. The second kappa shape index (κ2) is 6.62. The molecule has 0 aliphatic heterocycles. The van der Waals surface area contributed by atoms with E-state index in [4.69, 9.17) is 13.9 Å². The average molecular weight is 364 g/mol. The van der Waals surface area contributed by atoms with Crippen molar-refractivity contribution in [2.24, 2.45) is 0 Å². The Morgan fingerprint density at radius 2 is 1.52 bits per heavy atom. The number of fused-ring (bicyclic) bond motifs is 2. The van der Waals surface area contributed by atoms with Crippen LogP contribution in [-0.4, -0.2) is 11.2 Å². The standard InChI is InChI=1S/C23H24O4/c1-7-22(3,4)26-18-14-13-17-19(21(18)27-23(5,6)8-2)20(24)15-11-9-10-12-16(15)25-17/h7-14H,1-2H2,3-6H3. The van der Waals surface area contributed by atoms with Crippen molar-refractivity contribution in [1.82, 2.24) is 0 Å². The normalized spacial score (nSPS) is 12.1. The fourth-order valence-electron chi connectivity index (χ4n) is 2.65. The summed E-state index contributed by atoms with van der Waals surface area (Å²) in [6.07, 6.45) is 3.37. The minimum atomic E-state index is -0.706. The lowest BCUT2D eigenvalue weighted by Crippen LogP contribution is -2.28. The first-order valence-electron chi connectivity index (χ1n) is 8.81. The van der Waals surface area contributed by atoms with Gasteiger partial charge >= 0.3 is 0 Å². The van der Waals surface area contributed by atoms with Gasteiger partial charge < -0.3 is 13.9 Å².